The molecule has 0 spiro atoms. The quantitative estimate of drug-likeness (QED) is 0.456. The van der Waals surface area contributed by atoms with Gasteiger partial charge in [-0.05, 0) is 55.2 Å². The zero-order valence-electron chi connectivity index (χ0n) is 19.2. The number of imidazole rings is 1. The fraction of sp³-hybridized carbons (Fsp3) is 0.333. The van der Waals surface area contributed by atoms with E-state index in [1.165, 1.54) is 12.1 Å². The van der Waals surface area contributed by atoms with E-state index in [0.717, 1.165) is 53.7 Å². The van der Waals surface area contributed by atoms with Crippen LogP contribution >= 0.6 is 0 Å². The molecule has 6 nitrogen and oxygen atoms in total. The number of aromatic nitrogens is 2. The first-order valence-electron chi connectivity index (χ1n) is 11.3. The van der Waals surface area contributed by atoms with E-state index in [9.17, 15) is 8.78 Å². The van der Waals surface area contributed by atoms with Crippen molar-refractivity contribution in [1.29, 1.82) is 0 Å². The Morgan fingerprint density at radius 3 is 2.77 bits per heavy atom. The zero-order valence-corrected chi connectivity index (χ0v) is 19.2. The molecule has 35 heavy (non-hydrogen) atoms. The Morgan fingerprint density at radius 2 is 2.03 bits per heavy atom. The van der Waals surface area contributed by atoms with E-state index in [1.807, 2.05) is 35.9 Å². The molecule has 2 aromatic carbocycles. The van der Waals surface area contributed by atoms with Gasteiger partial charge in [0, 0.05) is 30.8 Å². The molecule has 0 radical (unpaired) electrons. The minimum atomic E-state index is -0.581. The fourth-order valence-electron chi connectivity index (χ4n) is 4.67. The average Bonchev–Trinajstić information content (AvgIpc) is 3.14. The van der Waals surface area contributed by atoms with Gasteiger partial charge in [0.2, 0.25) is 0 Å². The summed E-state index contributed by atoms with van der Waals surface area (Å²) in [6.07, 6.45) is 8.06. The van der Waals surface area contributed by atoms with E-state index in [1.54, 1.807) is 13.4 Å². The molecule has 0 amide bonds. The predicted octanol–water partition coefficient (Wildman–Crippen LogP) is 6.06. The average molecular weight is 481 g/mol. The van der Waals surface area contributed by atoms with Gasteiger partial charge in [0.25, 0.3) is 0 Å². The van der Waals surface area contributed by atoms with E-state index in [0.29, 0.717) is 24.4 Å². The lowest BCUT2D eigenvalue weighted by atomic mass is 9.94. The van der Waals surface area contributed by atoms with Crippen molar-refractivity contribution in [2.45, 2.75) is 39.7 Å². The normalized spacial score (nSPS) is 18.7. The van der Waals surface area contributed by atoms with Crippen molar-refractivity contribution in [2.24, 2.45) is 5.16 Å². The number of fused-ring (bicyclic) bond motifs is 1. The van der Waals surface area contributed by atoms with Crippen molar-refractivity contribution in [1.82, 2.24) is 14.5 Å². The van der Waals surface area contributed by atoms with Gasteiger partial charge in [-0.3, -0.25) is 0 Å². The smallest absolute Gasteiger partial charge is 0.171 e. The molecule has 0 saturated carbocycles. The van der Waals surface area contributed by atoms with Crippen molar-refractivity contribution < 1.29 is 18.4 Å². The van der Waals surface area contributed by atoms with E-state index < -0.39 is 11.6 Å². The van der Waals surface area contributed by atoms with Crippen LogP contribution in [-0.4, -0.2) is 40.5 Å². The zero-order chi connectivity index (χ0) is 23.7. The third kappa shape index (κ3) is 4.92. The lowest BCUT2D eigenvalue weighted by molar-refractivity contribution is 0.140. The lowest BCUT2D eigenvalue weighted by Crippen LogP contribution is -2.39. The van der Waals surface area contributed by atoms with Gasteiger partial charge < -0.3 is 19.0 Å². The van der Waals surface area contributed by atoms with Crippen molar-refractivity contribution in [3.05, 3.63) is 83.0 Å². The summed E-state index contributed by atoms with van der Waals surface area (Å²) in [5.41, 5.74) is 4.26. The molecular weight excluding hydrogens is 450 g/mol. The largest absolute Gasteiger partial charge is 0.495 e. The first-order chi connectivity index (χ1) is 16.5. The van der Waals surface area contributed by atoms with Crippen LogP contribution in [0.3, 0.4) is 0 Å². The number of ether oxygens (including phenoxy) is 1. The van der Waals surface area contributed by atoms with E-state index in [-0.39, 0.29) is 13.5 Å². The van der Waals surface area contributed by atoms with Gasteiger partial charge in [0.1, 0.15) is 24.0 Å². The third-order valence-corrected chi connectivity index (χ3v) is 6.27. The van der Waals surface area contributed by atoms with Crippen LogP contribution in [0.5, 0.6) is 5.75 Å². The molecule has 3 aromatic rings. The van der Waals surface area contributed by atoms with Crippen LogP contribution in [0.1, 0.15) is 49.6 Å². The second kappa shape index (κ2) is 10.3. The van der Waals surface area contributed by atoms with Gasteiger partial charge in [-0.2, -0.15) is 0 Å². The number of halogens is 2. The molecule has 1 aromatic heterocycles. The Labute approximate surface area is 204 Å². The Balaban J connectivity index is 0.00000289. The number of oxime groups is 1. The highest BCUT2D eigenvalue weighted by Crippen LogP contribution is 2.35. The number of nitrogens with zero attached hydrogens (tertiary/aromatic N) is 4. The summed E-state index contributed by atoms with van der Waals surface area (Å²) in [7, 11) is 1.65. The molecule has 1 saturated heterocycles. The number of amidine groups is 1. The maximum Gasteiger partial charge on any atom is 0.171 e. The molecule has 0 unspecified atom stereocenters. The number of piperidine rings is 1. The second-order valence-corrected chi connectivity index (χ2v) is 8.54. The fourth-order valence-corrected chi connectivity index (χ4v) is 4.67. The first-order valence-corrected chi connectivity index (χ1v) is 11.3. The van der Waals surface area contributed by atoms with E-state index >= 15 is 0 Å². The molecule has 1 fully saturated rings. The number of aryl methyl sites for hydroxylation is 1. The van der Waals surface area contributed by atoms with Gasteiger partial charge in [-0.25, -0.2) is 13.8 Å². The summed E-state index contributed by atoms with van der Waals surface area (Å²) in [5, 5.41) is 4.39. The molecule has 2 aliphatic heterocycles. The summed E-state index contributed by atoms with van der Waals surface area (Å²) in [4.78, 5) is 11.9. The van der Waals surface area contributed by atoms with Gasteiger partial charge in [0.15, 0.2) is 5.84 Å². The van der Waals surface area contributed by atoms with Crippen LogP contribution in [0, 0.1) is 18.6 Å². The molecule has 0 bridgehead atoms. The maximum absolute atomic E-state index is 14.7. The highest BCUT2D eigenvalue weighted by atomic mass is 19.1. The van der Waals surface area contributed by atoms with Gasteiger partial charge in [-0.15, -0.1) is 0 Å². The Kier molecular flexibility index (Phi) is 7.19. The van der Waals surface area contributed by atoms with Crippen LogP contribution in [0.15, 0.2) is 59.7 Å². The van der Waals surface area contributed by atoms with Crippen LogP contribution in [0.2, 0.25) is 0 Å². The Hall–Kier alpha value is -3.68. The molecule has 0 N–H and O–H groups in total. The van der Waals surface area contributed by atoms with Crippen molar-refractivity contribution in [3.63, 3.8) is 0 Å². The van der Waals surface area contributed by atoms with Gasteiger partial charge >= 0.3 is 0 Å². The SMILES string of the molecule is C.COc1cc(/C=C2\CCCN3C2=NOCC[C@H]3c2ccc(F)cc2F)ccc1-n1cnc(C)c1. The number of benzene rings is 2. The van der Waals surface area contributed by atoms with Crippen molar-refractivity contribution in [2.75, 3.05) is 20.3 Å². The second-order valence-electron chi connectivity index (χ2n) is 8.54. The summed E-state index contributed by atoms with van der Waals surface area (Å²) in [5.74, 6) is 0.301. The minimum absolute atomic E-state index is 0. The lowest BCUT2D eigenvalue weighted by Gasteiger charge is -2.36. The van der Waals surface area contributed by atoms with Gasteiger partial charge in [0.05, 0.1) is 30.9 Å². The van der Waals surface area contributed by atoms with Crippen LogP contribution in [0.4, 0.5) is 8.78 Å². The maximum atomic E-state index is 14.7. The highest BCUT2D eigenvalue weighted by molar-refractivity contribution is 6.02. The van der Waals surface area contributed by atoms with E-state index in [2.05, 4.69) is 21.1 Å². The third-order valence-electron chi connectivity index (χ3n) is 6.27. The Bertz CT molecular complexity index is 1270. The molecule has 0 aliphatic carbocycles. The molecular formula is C27H30F2N4O2. The molecule has 184 valence electrons. The number of rotatable bonds is 4. The van der Waals surface area contributed by atoms with Crippen LogP contribution < -0.4 is 4.74 Å². The molecule has 8 heteroatoms. The number of hydrogen-bond donors (Lipinski definition) is 0. The number of hydrogen-bond acceptors (Lipinski definition) is 5. The van der Waals surface area contributed by atoms with Crippen LogP contribution in [-0.2, 0) is 4.84 Å². The van der Waals surface area contributed by atoms with E-state index in [4.69, 9.17) is 9.57 Å². The monoisotopic (exact) mass is 480 g/mol. The van der Waals surface area contributed by atoms with Crippen molar-refractivity contribution in [3.8, 4) is 11.4 Å². The van der Waals surface area contributed by atoms with Crippen LogP contribution in [0.25, 0.3) is 11.8 Å². The summed E-state index contributed by atoms with van der Waals surface area (Å²) < 4.78 is 35.7. The molecule has 5 rings (SSSR count). The molecule has 2 aliphatic rings. The number of methoxy groups -OCH3 is 1. The first kappa shape index (κ1) is 24.4. The summed E-state index contributed by atoms with van der Waals surface area (Å²) >= 11 is 0. The topological polar surface area (TPSA) is 51.9 Å². The summed E-state index contributed by atoms with van der Waals surface area (Å²) in [6.45, 7) is 3.03. The molecule has 1 atom stereocenters. The van der Waals surface area contributed by atoms with Gasteiger partial charge in [-0.1, -0.05) is 24.7 Å². The molecule has 3 heterocycles. The predicted molar refractivity (Wildman–Crippen MR) is 133 cm³/mol. The summed E-state index contributed by atoms with van der Waals surface area (Å²) in [6, 6.07) is 9.49. The standard InChI is InChI=1S/C26H26F2N4O2.CH4/c1-17-15-31(16-29-17)24-8-5-18(13-25(24)33-2)12-19-4-3-10-32-23(9-11-34-30-26(19)32)21-7-6-20(27)14-22(21)28;/h5-8,12-16,23H,3-4,9-11H2,1-2H3;1H4/b19-12+;/t23-;/m0./s1. The van der Waals surface area contributed by atoms with Crippen molar-refractivity contribution >= 4 is 11.9 Å². The Morgan fingerprint density at radius 1 is 1.17 bits per heavy atom. The highest BCUT2D eigenvalue weighted by Gasteiger charge is 2.32. The minimum Gasteiger partial charge on any atom is -0.495 e.